The third-order valence-corrected chi connectivity index (χ3v) is 2.62. The van der Waals surface area contributed by atoms with Gasteiger partial charge in [-0.2, -0.15) is 0 Å². The van der Waals surface area contributed by atoms with E-state index in [1.807, 2.05) is 6.92 Å². The van der Waals surface area contributed by atoms with Gasteiger partial charge in [0, 0.05) is 6.54 Å². The molecule has 0 aromatic carbocycles. The Hall–Kier alpha value is -2.05. The van der Waals surface area contributed by atoms with Gasteiger partial charge in [0.1, 0.15) is 17.7 Å². The van der Waals surface area contributed by atoms with Crippen molar-refractivity contribution in [3.05, 3.63) is 11.5 Å². The first kappa shape index (κ1) is 14.0. The number of likely N-dealkylation sites (N-methyl/N-ethyl adjacent to an activating group) is 1. The van der Waals surface area contributed by atoms with E-state index in [0.717, 1.165) is 0 Å². The molecule has 0 radical (unpaired) electrons. The Balaban J connectivity index is 3.14. The number of nitrogens with zero attached hydrogens (tertiary/aromatic N) is 2. The highest BCUT2D eigenvalue weighted by molar-refractivity contribution is 5.92. The second-order valence-electron chi connectivity index (χ2n) is 3.83. The molecule has 0 saturated carbocycles. The maximum Gasteiger partial charge on any atom is 0.360 e. The van der Waals surface area contributed by atoms with Crippen molar-refractivity contribution in [1.29, 1.82) is 0 Å². The number of imidazole rings is 1. The molecule has 0 bridgehead atoms. The molecular formula is C11H18N4O3. The summed E-state index contributed by atoms with van der Waals surface area (Å²) in [4.78, 5) is 27.2. The highest BCUT2D eigenvalue weighted by Gasteiger charge is 2.24. The van der Waals surface area contributed by atoms with Gasteiger partial charge in [-0.25, -0.2) is 9.78 Å². The highest BCUT2D eigenvalue weighted by Crippen LogP contribution is 2.20. The molecule has 3 N–H and O–H groups in total. The van der Waals surface area contributed by atoms with Crippen LogP contribution in [-0.2, 0) is 9.53 Å². The van der Waals surface area contributed by atoms with E-state index in [9.17, 15) is 9.59 Å². The van der Waals surface area contributed by atoms with Crippen LogP contribution in [0, 0.1) is 6.92 Å². The molecule has 0 aliphatic heterocycles. The van der Waals surface area contributed by atoms with E-state index >= 15 is 0 Å². The molecule has 0 aliphatic rings. The molecule has 1 amide bonds. The van der Waals surface area contributed by atoms with E-state index in [2.05, 4.69) is 15.0 Å². The lowest BCUT2D eigenvalue weighted by atomic mass is 10.3. The molecule has 100 valence electrons. The summed E-state index contributed by atoms with van der Waals surface area (Å²) in [6, 6.07) is -0.532. The van der Waals surface area contributed by atoms with Gasteiger partial charge in [-0.15, -0.1) is 0 Å². The van der Waals surface area contributed by atoms with Gasteiger partial charge in [-0.3, -0.25) is 4.79 Å². The van der Waals surface area contributed by atoms with Crippen molar-refractivity contribution in [2.75, 3.05) is 19.4 Å². The average Bonchev–Trinajstić information content (AvgIpc) is 2.63. The van der Waals surface area contributed by atoms with Crippen LogP contribution < -0.4 is 11.1 Å². The third-order valence-electron chi connectivity index (χ3n) is 2.62. The number of carbonyl (C=O) groups is 2. The molecule has 7 heteroatoms. The number of ether oxygens (including phenoxy) is 1. The number of hydrogen-bond acceptors (Lipinski definition) is 5. The zero-order valence-corrected chi connectivity index (χ0v) is 11.0. The van der Waals surface area contributed by atoms with E-state index in [0.29, 0.717) is 12.4 Å². The fourth-order valence-corrected chi connectivity index (χ4v) is 1.74. The zero-order valence-electron chi connectivity index (χ0n) is 11.0. The van der Waals surface area contributed by atoms with Crippen LogP contribution in [0.25, 0.3) is 0 Å². The maximum absolute atomic E-state index is 11.8. The van der Waals surface area contributed by atoms with Gasteiger partial charge in [0.05, 0.1) is 7.11 Å². The van der Waals surface area contributed by atoms with E-state index in [4.69, 9.17) is 5.73 Å². The van der Waals surface area contributed by atoms with Gasteiger partial charge in [0.25, 0.3) is 0 Å². The van der Waals surface area contributed by atoms with Crippen LogP contribution in [0.1, 0.15) is 36.2 Å². The molecular weight excluding hydrogens is 236 g/mol. The first-order valence-corrected chi connectivity index (χ1v) is 5.64. The summed E-state index contributed by atoms with van der Waals surface area (Å²) in [5, 5.41) is 2.69. The van der Waals surface area contributed by atoms with Crippen LogP contribution in [0.3, 0.4) is 0 Å². The summed E-state index contributed by atoms with van der Waals surface area (Å²) in [6.07, 6.45) is 0. The number of rotatable bonds is 4. The number of nitrogen functional groups attached to an aromatic ring is 1. The predicted molar refractivity (Wildman–Crippen MR) is 66.1 cm³/mol. The van der Waals surface area contributed by atoms with Crippen molar-refractivity contribution in [3.63, 3.8) is 0 Å². The minimum Gasteiger partial charge on any atom is -0.464 e. The molecule has 1 rings (SSSR count). The van der Waals surface area contributed by atoms with Gasteiger partial charge in [0.2, 0.25) is 5.91 Å². The Bertz CT molecular complexity index is 467. The Morgan fingerprint density at radius 3 is 2.67 bits per heavy atom. The minimum absolute atomic E-state index is 0.0335. The lowest BCUT2D eigenvalue weighted by molar-refractivity contribution is -0.123. The zero-order chi connectivity index (χ0) is 13.9. The first-order chi connectivity index (χ1) is 8.43. The quantitative estimate of drug-likeness (QED) is 0.751. The fourth-order valence-electron chi connectivity index (χ4n) is 1.74. The standard InChI is InChI=1S/C11H18N4O3/c1-5-13-10(16)6(2)15-7(3)14-8(9(15)12)11(17)18-4/h6H,5,12H2,1-4H3,(H,13,16). The third kappa shape index (κ3) is 2.44. The largest absolute Gasteiger partial charge is 0.464 e. The summed E-state index contributed by atoms with van der Waals surface area (Å²) in [7, 11) is 1.25. The second-order valence-corrected chi connectivity index (χ2v) is 3.83. The van der Waals surface area contributed by atoms with Gasteiger partial charge in [0.15, 0.2) is 5.69 Å². The van der Waals surface area contributed by atoms with E-state index in [-0.39, 0.29) is 17.4 Å². The number of anilines is 1. The number of methoxy groups -OCH3 is 1. The molecule has 18 heavy (non-hydrogen) atoms. The number of carbonyl (C=O) groups excluding carboxylic acids is 2. The van der Waals surface area contributed by atoms with Gasteiger partial charge < -0.3 is 20.4 Å². The summed E-state index contributed by atoms with van der Waals surface area (Å²) >= 11 is 0. The molecule has 0 saturated heterocycles. The Morgan fingerprint density at radius 2 is 2.17 bits per heavy atom. The van der Waals surface area contributed by atoms with Crippen molar-refractivity contribution >= 4 is 17.7 Å². The molecule has 0 spiro atoms. The number of aryl methyl sites for hydroxylation is 1. The number of nitrogens with one attached hydrogen (secondary N) is 1. The number of amides is 1. The predicted octanol–water partition coefficient (Wildman–Crippen LogP) is 0.257. The number of aromatic nitrogens is 2. The molecule has 0 aliphatic carbocycles. The Kier molecular flexibility index (Phi) is 4.30. The molecule has 7 nitrogen and oxygen atoms in total. The van der Waals surface area contributed by atoms with Crippen molar-refractivity contribution in [2.45, 2.75) is 26.8 Å². The topological polar surface area (TPSA) is 99.2 Å². The first-order valence-electron chi connectivity index (χ1n) is 5.64. The van der Waals surface area contributed by atoms with Crippen LogP contribution in [-0.4, -0.2) is 35.1 Å². The monoisotopic (exact) mass is 254 g/mol. The van der Waals surface area contributed by atoms with Crippen LogP contribution in [0.4, 0.5) is 5.82 Å². The van der Waals surface area contributed by atoms with Crippen LogP contribution >= 0.6 is 0 Å². The Morgan fingerprint density at radius 1 is 1.56 bits per heavy atom. The molecule has 1 atom stereocenters. The number of nitrogens with two attached hydrogens (primary N) is 1. The lowest BCUT2D eigenvalue weighted by Gasteiger charge is -2.16. The minimum atomic E-state index is -0.613. The average molecular weight is 254 g/mol. The molecule has 1 aromatic rings. The van der Waals surface area contributed by atoms with Crippen LogP contribution in [0.15, 0.2) is 0 Å². The van der Waals surface area contributed by atoms with Crippen LogP contribution in [0.2, 0.25) is 0 Å². The number of hydrogen-bond donors (Lipinski definition) is 2. The van der Waals surface area contributed by atoms with Gasteiger partial charge in [-0.1, -0.05) is 0 Å². The summed E-state index contributed by atoms with van der Waals surface area (Å²) in [6.45, 7) is 5.73. The lowest BCUT2D eigenvalue weighted by Crippen LogP contribution is -2.31. The van der Waals surface area contributed by atoms with Crippen molar-refractivity contribution in [2.24, 2.45) is 0 Å². The SMILES string of the molecule is CCNC(=O)C(C)n1c(C)nc(C(=O)OC)c1N. The summed E-state index contributed by atoms with van der Waals surface area (Å²) in [5.74, 6) is -0.164. The smallest absolute Gasteiger partial charge is 0.360 e. The number of esters is 1. The fraction of sp³-hybridized carbons (Fsp3) is 0.545. The maximum atomic E-state index is 11.8. The molecule has 1 heterocycles. The van der Waals surface area contributed by atoms with Gasteiger partial charge in [-0.05, 0) is 20.8 Å². The van der Waals surface area contributed by atoms with E-state index in [1.165, 1.54) is 11.7 Å². The van der Waals surface area contributed by atoms with Crippen LogP contribution in [0.5, 0.6) is 0 Å². The van der Waals surface area contributed by atoms with Crippen molar-refractivity contribution < 1.29 is 14.3 Å². The Labute approximate surface area is 105 Å². The molecule has 1 aromatic heterocycles. The summed E-state index contributed by atoms with van der Waals surface area (Å²) < 4.78 is 6.09. The van der Waals surface area contributed by atoms with Crippen molar-refractivity contribution in [1.82, 2.24) is 14.9 Å². The molecule has 0 fully saturated rings. The summed E-state index contributed by atoms with van der Waals surface area (Å²) in [5.41, 5.74) is 5.87. The molecule has 1 unspecified atom stereocenters. The normalized spacial score (nSPS) is 12.0. The second kappa shape index (κ2) is 5.52. The highest BCUT2D eigenvalue weighted by atomic mass is 16.5. The van der Waals surface area contributed by atoms with Gasteiger partial charge >= 0.3 is 5.97 Å². The van der Waals surface area contributed by atoms with E-state index < -0.39 is 12.0 Å². The van der Waals surface area contributed by atoms with E-state index in [1.54, 1.807) is 13.8 Å². The van der Waals surface area contributed by atoms with Crippen molar-refractivity contribution in [3.8, 4) is 0 Å².